The molecule has 0 aliphatic heterocycles. The molecule has 2 rings (SSSR count). The number of hydrogen-bond donors (Lipinski definition) is 1. The minimum Gasteiger partial charge on any atom is -0.481 e. The second-order valence-electron chi connectivity index (χ2n) is 4.35. The summed E-state index contributed by atoms with van der Waals surface area (Å²) in [6.07, 6.45) is 2.12. The zero-order chi connectivity index (χ0) is 12.4. The third kappa shape index (κ3) is 2.57. The van der Waals surface area contributed by atoms with Gasteiger partial charge in [0.25, 0.3) is 0 Å². The van der Waals surface area contributed by atoms with Gasteiger partial charge >= 0.3 is 5.97 Å². The Kier molecular flexibility index (Phi) is 3.62. The van der Waals surface area contributed by atoms with E-state index in [9.17, 15) is 9.59 Å². The van der Waals surface area contributed by atoms with Crippen LogP contribution in [0.5, 0.6) is 0 Å². The maximum absolute atomic E-state index is 12.2. The number of hydrogen-bond acceptors (Lipinski definition) is 2. The van der Waals surface area contributed by atoms with Crippen LogP contribution in [-0.4, -0.2) is 16.9 Å². The first-order chi connectivity index (χ1) is 8.09. The first-order valence-electron chi connectivity index (χ1n) is 5.62. The van der Waals surface area contributed by atoms with Crippen LogP contribution in [0.3, 0.4) is 0 Å². The highest BCUT2D eigenvalue weighted by Gasteiger charge is 2.37. The quantitative estimate of drug-likeness (QED) is 0.872. The SMILES string of the molecule is O=C(O)C1CCCC1C(=O)c1ccc(Br)cc1. The van der Waals surface area contributed by atoms with Crippen molar-refractivity contribution >= 4 is 27.7 Å². The molecule has 0 aromatic heterocycles. The van der Waals surface area contributed by atoms with Crippen LogP contribution in [0.25, 0.3) is 0 Å². The van der Waals surface area contributed by atoms with Crippen molar-refractivity contribution < 1.29 is 14.7 Å². The average Bonchev–Trinajstić information content (AvgIpc) is 2.78. The van der Waals surface area contributed by atoms with Gasteiger partial charge < -0.3 is 5.11 Å². The largest absolute Gasteiger partial charge is 0.481 e. The second-order valence-corrected chi connectivity index (χ2v) is 5.27. The molecule has 90 valence electrons. The molecule has 3 nitrogen and oxygen atoms in total. The lowest BCUT2D eigenvalue weighted by atomic mass is 9.88. The maximum Gasteiger partial charge on any atom is 0.307 e. The minimum atomic E-state index is -0.849. The number of ketones is 1. The number of rotatable bonds is 3. The molecule has 0 saturated heterocycles. The lowest BCUT2D eigenvalue weighted by Crippen LogP contribution is -2.25. The van der Waals surface area contributed by atoms with E-state index >= 15 is 0 Å². The topological polar surface area (TPSA) is 54.4 Å². The Balaban J connectivity index is 2.19. The molecule has 1 N–H and O–H groups in total. The van der Waals surface area contributed by atoms with E-state index in [2.05, 4.69) is 15.9 Å². The fourth-order valence-electron chi connectivity index (χ4n) is 2.40. The van der Waals surface area contributed by atoms with Gasteiger partial charge in [-0.3, -0.25) is 9.59 Å². The van der Waals surface area contributed by atoms with E-state index in [1.807, 2.05) is 0 Å². The van der Waals surface area contributed by atoms with Gasteiger partial charge in [-0.1, -0.05) is 34.5 Å². The molecule has 2 atom stereocenters. The molecule has 0 spiro atoms. The van der Waals surface area contributed by atoms with Gasteiger partial charge in [0.1, 0.15) is 0 Å². The van der Waals surface area contributed by atoms with Gasteiger partial charge in [0.05, 0.1) is 5.92 Å². The number of Topliss-reactive ketones (excluding diaryl/α,β-unsaturated/α-hetero) is 1. The molecule has 1 aliphatic carbocycles. The molecule has 1 aromatic rings. The minimum absolute atomic E-state index is 0.0394. The van der Waals surface area contributed by atoms with E-state index in [1.54, 1.807) is 24.3 Å². The van der Waals surface area contributed by atoms with Crippen molar-refractivity contribution in [2.45, 2.75) is 19.3 Å². The lowest BCUT2D eigenvalue weighted by Gasteiger charge is -2.14. The smallest absolute Gasteiger partial charge is 0.307 e. The Morgan fingerprint density at radius 2 is 1.71 bits per heavy atom. The number of carboxylic acids is 1. The maximum atomic E-state index is 12.2. The molecule has 1 aliphatic rings. The fraction of sp³-hybridized carbons (Fsp3) is 0.385. The summed E-state index contributed by atoms with van der Waals surface area (Å²) in [6, 6.07) is 7.09. The Morgan fingerprint density at radius 1 is 1.12 bits per heavy atom. The summed E-state index contributed by atoms with van der Waals surface area (Å²) in [5.74, 6) is -1.75. The van der Waals surface area contributed by atoms with Crippen molar-refractivity contribution in [1.82, 2.24) is 0 Å². The molecule has 17 heavy (non-hydrogen) atoms. The van der Waals surface area contributed by atoms with Crippen LogP contribution in [-0.2, 0) is 4.79 Å². The highest BCUT2D eigenvalue weighted by Crippen LogP contribution is 2.34. The monoisotopic (exact) mass is 296 g/mol. The van der Waals surface area contributed by atoms with Gasteiger partial charge in [-0.2, -0.15) is 0 Å². The third-order valence-corrected chi connectivity index (χ3v) is 3.83. The van der Waals surface area contributed by atoms with Crippen molar-refractivity contribution in [2.75, 3.05) is 0 Å². The molecule has 1 aromatic carbocycles. The van der Waals surface area contributed by atoms with Crippen LogP contribution < -0.4 is 0 Å². The lowest BCUT2D eigenvalue weighted by molar-refractivity contribution is -0.142. The number of aliphatic carboxylic acids is 1. The van der Waals surface area contributed by atoms with E-state index in [-0.39, 0.29) is 11.7 Å². The van der Waals surface area contributed by atoms with E-state index in [0.717, 1.165) is 10.9 Å². The predicted octanol–water partition coefficient (Wildman–Crippen LogP) is 3.13. The molecule has 0 heterocycles. The molecule has 1 saturated carbocycles. The molecular weight excluding hydrogens is 284 g/mol. The summed E-state index contributed by atoms with van der Waals surface area (Å²) in [4.78, 5) is 23.2. The summed E-state index contributed by atoms with van der Waals surface area (Å²) < 4.78 is 0.912. The average molecular weight is 297 g/mol. The first kappa shape index (κ1) is 12.3. The molecule has 2 unspecified atom stereocenters. The fourth-order valence-corrected chi connectivity index (χ4v) is 2.66. The van der Waals surface area contributed by atoms with Gasteiger partial charge in [-0.15, -0.1) is 0 Å². The Morgan fingerprint density at radius 3 is 2.29 bits per heavy atom. The predicted molar refractivity (Wildman–Crippen MR) is 66.9 cm³/mol. The first-order valence-corrected chi connectivity index (χ1v) is 6.41. The molecule has 0 amide bonds. The van der Waals surface area contributed by atoms with Crippen molar-refractivity contribution in [3.05, 3.63) is 34.3 Å². The molecule has 1 fully saturated rings. The van der Waals surface area contributed by atoms with Crippen molar-refractivity contribution in [3.63, 3.8) is 0 Å². The van der Waals surface area contributed by atoms with E-state index in [1.165, 1.54) is 0 Å². The standard InChI is InChI=1S/C13H13BrO3/c14-9-6-4-8(5-7-9)12(15)10-2-1-3-11(10)13(16)17/h4-7,10-11H,1-3H2,(H,16,17). The van der Waals surface area contributed by atoms with Crippen LogP contribution >= 0.6 is 15.9 Å². The van der Waals surface area contributed by atoms with Gasteiger partial charge in [-0.05, 0) is 25.0 Å². The number of carboxylic acid groups (broad SMARTS) is 1. The summed E-state index contributed by atoms with van der Waals surface area (Å²) in [5.41, 5.74) is 0.603. The van der Waals surface area contributed by atoms with Crippen LogP contribution in [0, 0.1) is 11.8 Å². The number of carbonyl (C=O) groups excluding carboxylic acids is 1. The van der Waals surface area contributed by atoms with Crippen LogP contribution in [0.1, 0.15) is 29.6 Å². The van der Waals surface area contributed by atoms with Crippen LogP contribution in [0.15, 0.2) is 28.7 Å². The zero-order valence-corrected chi connectivity index (χ0v) is 10.8. The van der Waals surface area contributed by atoms with Crippen LogP contribution in [0.2, 0.25) is 0 Å². The van der Waals surface area contributed by atoms with Crippen molar-refractivity contribution in [2.24, 2.45) is 11.8 Å². The van der Waals surface area contributed by atoms with Crippen LogP contribution in [0.4, 0.5) is 0 Å². The van der Waals surface area contributed by atoms with E-state index < -0.39 is 11.9 Å². The third-order valence-electron chi connectivity index (χ3n) is 3.30. The molecule has 4 heteroatoms. The highest BCUT2D eigenvalue weighted by atomic mass is 79.9. The normalized spacial score (nSPS) is 23.6. The highest BCUT2D eigenvalue weighted by molar-refractivity contribution is 9.10. The molecule has 0 radical (unpaired) electrons. The number of halogens is 1. The van der Waals surface area contributed by atoms with Gasteiger partial charge in [0, 0.05) is 16.0 Å². The summed E-state index contributed by atoms with van der Waals surface area (Å²) in [5, 5.41) is 9.06. The van der Waals surface area contributed by atoms with E-state index in [4.69, 9.17) is 5.11 Å². The Labute approximate surface area is 108 Å². The zero-order valence-electron chi connectivity index (χ0n) is 9.23. The second kappa shape index (κ2) is 5.00. The van der Waals surface area contributed by atoms with E-state index in [0.29, 0.717) is 18.4 Å². The number of carbonyl (C=O) groups is 2. The summed E-state index contributed by atoms with van der Waals surface area (Å²) in [7, 11) is 0. The Hall–Kier alpha value is -1.16. The Bertz CT molecular complexity index is 438. The summed E-state index contributed by atoms with van der Waals surface area (Å²) >= 11 is 3.31. The molecule has 0 bridgehead atoms. The van der Waals surface area contributed by atoms with Crippen molar-refractivity contribution in [3.8, 4) is 0 Å². The van der Waals surface area contributed by atoms with Crippen molar-refractivity contribution in [1.29, 1.82) is 0 Å². The number of benzene rings is 1. The summed E-state index contributed by atoms with van der Waals surface area (Å²) in [6.45, 7) is 0. The van der Waals surface area contributed by atoms with Gasteiger partial charge in [0.2, 0.25) is 0 Å². The molecular formula is C13H13BrO3. The van der Waals surface area contributed by atoms with Gasteiger partial charge in [0.15, 0.2) is 5.78 Å². The van der Waals surface area contributed by atoms with Gasteiger partial charge in [-0.25, -0.2) is 0 Å².